The van der Waals surface area contributed by atoms with E-state index in [-0.39, 0.29) is 16.1 Å². The third-order valence-electron chi connectivity index (χ3n) is 5.79. The molecule has 0 spiro atoms. The molecule has 0 aliphatic carbocycles. The Kier molecular flexibility index (Phi) is 5.96. The lowest BCUT2D eigenvalue weighted by molar-refractivity contribution is 0.0594. The van der Waals surface area contributed by atoms with Crippen molar-refractivity contribution in [2.45, 2.75) is 36.3 Å². The standard InChI is InChI=1S/C22H24N4O5S/c1-3-17-21(27)25-20-12-16(5-7-18(20)24-17)32(29,30)15-8-10-26(11-9-15)14-4-6-19(23-13-14)22(28)31-2/h4-7,12-13,15H,3,8-11H2,1-2H3,(H,25,27). The molecule has 1 fully saturated rings. The first-order chi connectivity index (χ1) is 15.3. The molecule has 1 saturated heterocycles. The highest BCUT2D eigenvalue weighted by Gasteiger charge is 2.32. The van der Waals surface area contributed by atoms with E-state index in [0.717, 1.165) is 5.69 Å². The van der Waals surface area contributed by atoms with Crippen molar-refractivity contribution in [3.05, 3.63) is 58.3 Å². The van der Waals surface area contributed by atoms with Crippen LogP contribution in [0.25, 0.3) is 11.0 Å². The molecule has 0 radical (unpaired) electrons. The molecule has 32 heavy (non-hydrogen) atoms. The monoisotopic (exact) mass is 456 g/mol. The second-order valence-corrected chi connectivity index (χ2v) is 9.90. The average molecular weight is 457 g/mol. The van der Waals surface area contributed by atoms with E-state index in [1.165, 1.54) is 13.2 Å². The predicted octanol–water partition coefficient (Wildman–Crippen LogP) is 2.11. The van der Waals surface area contributed by atoms with E-state index in [4.69, 9.17) is 0 Å². The zero-order valence-electron chi connectivity index (χ0n) is 17.9. The van der Waals surface area contributed by atoms with Crippen molar-refractivity contribution in [3.8, 4) is 0 Å². The first-order valence-corrected chi connectivity index (χ1v) is 11.9. The molecule has 1 aliphatic heterocycles. The molecule has 3 aromatic rings. The number of methoxy groups -OCH3 is 1. The SMILES string of the molecule is CCc1nc2ccc(S(=O)(=O)C3CCN(c4ccc(C(=O)OC)nc4)CC3)cc2[nH]c1=O. The fraction of sp³-hybridized carbons (Fsp3) is 0.364. The molecule has 0 bridgehead atoms. The van der Waals surface area contributed by atoms with Gasteiger partial charge in [-0.15, -0.1) is 0 Å². The number of rotatable bonds is 5. The van der Waals surface area contributed by atoms with Crippen molar-refractivity contribution in [2.24, 2.45) is 0 Å². The van der Waals surface area contributed by atoms with Gasteiger partial charge in [0.25, 0.3) is 5.56 Å². The number of benzene rings is 1. The number of hydrogen-bond donors (Lipinski definition) is 1. The highest BCUT2D eigenvalue weighted by molar-refractivity contribution is 7.92. The maximum absolute atomic E-state index is 13.2. The van der Waals surface area contributed by atoms with Crippen molar-refractivity contribution in [2.75, 3.05) is 25.1 Å². The Labute approximate surface area is 185 Å². The lowest BCUT2D eigenvalue weighted by atomic mass is 10.1. The molecule has 3 heterocycles. The first kappa shape index (κ1) is 21.9. The van der Waals surface area contributed by atoms with Gasteiger partial charge in [0.15, 0.2) is 9.84 Å². The maximum atomic E-state index is 13.2. The molecule has 4 rings (SSSR count). The minimum atomic E-state index is -3.56. The van der Waals surface area contributed by atoms with Crippen LogP contribution >= 0.6 is 0 Å². The zero-order chi connectivity index (χ0) is 22.9. The van der Waals surface area contributed by atoms with Gasteiger partial charge in [0.1, 0.15) is 11.4 Å². The second kappa shape index (κ2) is 8.70. The molecule has 2 aromatic heterocycles. The molecule has 0 atom stereocenters. The van der Waals surface area contributed by atoms with Crippen molar-refractivity contribution < 1.29 is 17.9 Å². The number of aromatic amines is 1. The highest BCUT2D eigenvalue weighted by atomic mass is 32.2. The minimum absolute atomic E-state index is 0.189. The topological polar surface area (TPSA) is 122 Å². The normalized spacial score (nSPS) is 15.1. The van der Waals surface area contributed by atoms with Crippen molar-refractivity contribution in [1.29, 1.82) is 0 Å². The van der Waals surface area contributed by atoms with Crippen LogP contribution in [0.4, 0.5) is 5.69 Å². The summed E-state index contributed by atoms with van der Waals surface area (Å²) in [5.74, 6) is -0.501. The number of ether oxygens (including phenoxy) is 1. The number of nitrogens with zero attached hydrogens (tertiary/aromatic N) is 3. The van der Waals surface area contributed by atoms with Crippen LogP contribution in [0.1, 0.15) is 35.9 Å². The van der Waals surface area contributed by atoms with Gasteiger partial charge in [-0.05, 0) is 49.6 Å². The summed E-state index contributed by atoms with van der Waals surface area (Å²) in [6.45, 7) is 2.95. The van der Waals surface area contributed by atoms with E-state index in [1.807, 2.05) is 11.8 Å². The van der Waals surface area contributed by atoms with Crippen LogP contribution in [0, 0.1) is 0 Å². The smallest absolute Gasteiger partial charge is 0.356 e. The Morgan fingerprint density at radius 1 is 1.22 bits per heavy atom. The summed E-state index contributed by atoms with van der Waals surface area (Å²) >= 11 is 0. The minimum Gasteiger partial charge on any atom is -0.464 e. The number of anilines is 1. The number of carbonyl (C=O) groups is 1. The van der Waals surface area contributed by atoms with Gasteiger partial charge in [0.05, 0.1) is 40.2 Å². The number of hydrogen-bond acceptors (Lipinski definition) is 8. The molecule has 0 saturated carbocycles. The molecule has 0 amide bonds. The molecule has 9 nitrogen and oxygen atoms in total. The van der Waals surface area contributed by atoms with E-state index in [2.05, 4.69) is 19.7 Å². The largest absolute Gasteiger partial charge is 0.464 e. The number of sulfone groups is 1. The summed E-state index contributed by atoms with van der Waals surface area (Å²) in [5, 5.41) is -0.520. The highest BCUT2D eigenvalue weighted by Crippen LogP contribution is 2.28. The Bertz CT molecular complexity index is 1310. The van der Waals surface area contributed by atoms with Crippen LogP contribution < -0.4 is 10.5 Å². The quantitative estimate of drug-likeness (QED) is 0.579. The van der Waals surface area contributed by atoms with Crippen molar-refractivity contribution in [3.63, 3.8) is 0 Å². The number of aromatic nitrogens is 3. The summed E-state index contributed by atoms with van der Waals surface area (Å²) < 4.78 is 31.1. The van der Waals surface area contributed by atoms with E-state index < -0.39 is 21.1 Å². The number of aryl methyl sites for hydroxylation is 1. The summed E-state index contributed by atoms with van der Waals surface area (Å²) in [5.41, 5.74) is 2.17. The number of H-pyrrole nitrogens is 1. The number of esters is 1. The van der Waals surface area contributed by atoms with E-state index in [9.17, 15) is 18.0 Å². The Hall–Kier alpha value is -3.27. The Balaban J connectivity index is 1.50. The van der Waals surface area contributed by atoms with Gasteiger partial charge in [0, 0.05) is 13.1 Å². The van der Waals surface area contributed by atoms with Crippen LogP contribution in [0.2, 0.25) is 0 Å². The van der Waals surface area contributed by atoms with Crippen LogP contribution in [0.5, 0.6) is 0 Å². The fourth-order valence-corrected chi connectivity index (χ4v) is 5.69. The van der Waals surface area contributed by atoms with Gasteiger partial charge in [-0.1, -0.05) is 6.92 Å². The van der Waals surface area contributed by atoms with Gasteiger partial charge in [0.2, 0.25) is 0 Å². The lowest BCUT2D eigenvalue weighted by Crippen LogP contribution is -2.39. The van der Waals surface area contributed by atoms with E-state index >= 15 is 0 Å². The van der Waals surface area contributed by atoms with Gasteiger partial charge in [-0.2, -0.15) is 0 Å². The van der Waals surface area contributed by atoms with Crippen LogP contribution in [-0.4, -0.2) is 54.8 Å². The number of piperidine rings is 1. The van der Waals surface area contributed by atoms with Crippen molar-refractivity contribution in [1.82, 2.24) is 15.0 Å². The van der Waals surface area contributed by atoms with E-state index in [0.29, 0.717) is 49.1 Å². The number of fused-ring (bicyclic) bond motifs is 1. The molecule has 10 heteroatoms. The van der Waals surface area contributed by atoms with Gasteiger partial charge in [-0.25, -0.2) is 23.2 Å². The summed E-state index contributed by atoms with van der Waals surface area (Å²) in [6, 6.07) is 8.08. The molecule has 1 aromatic carbocycles. The number of nitrogens with one attached hydrogen (secondary N) is 1. The molecule has 0 unspecified atom stereocenters. The third kappa shape index (κ3) is 4.10. The van der Waals surface area contributed by atoms with Crippen LogP contribution in [0.3, 0.4) is 0 Å². The molecule has 1 aliphatic rings. The fourth-order valence-electron chi connectivity index (χ4n) is 3.94. The number of carbonyl (C=O) groups excluding carboxylic acids is 1. The Morgan fingerprint density at radius 2 is 1.97 bits per heavy atom. The predicted molar refractivity (Wildman–Crippen MR) is 120 cm³/mol. The van der Waals surface area contributed by atoms with E-state index in [1.54, 1.807) is 30.5 Å². The molecular weight excluding hydrogens is 432 g/mol. The van der Waals surface area contributed by atoms with Crippen LogP contribution in [-0.2, 0) is 21.0 Å². The zero-order valence-corrected chi connectivity index (χ0v) is 18.7. The maximum Gasteiger partial charge on any atom is 0.356 e. The van der Waals surface area contributed by atoms with Crippen molar-refractivity contribution >= 4 is 32.5 Å². The Morgan fingerprint density at radius 3 is 2.59 bits per heavy atom. The number of pyridine rings is 1. The third-order valence-corrected chi connectivity index (χ3v) is 8.05. The van der Waals surface area contributed by atoms with Crippen LogP contribution in [0.15, 0.2) is 46.2 Å². The summed E-state index contributed by atoms with van der Waals surface area (Å²) in [7, 11) is -2.26. The molecule has 168 valence electrons. The summed E-state index contributed by atoms with van der Waals surface area (Å²) in [4.78, 5) is 37.0. The first-order valence-electron chi connectivity index (χ1n) is 10.4. The van der Waals surface area contributed by atoms with Gasteiger partial charge >= 0.3 is 5.97 Å². The molecule has 1 N–H and O–H groups in total. The molecular formula is C22H24N4O5S. The summed E-state index contributed by atoms with van der Waals surface area (Å²) in [6.07, 6.45) is 3.02. The average Bonchev–Trinajstić information content (AvgIpc) is 2.82. The lowest BCUT2D eigenvalue weighted by Gasteiger charge is -2.33. The van der Waals surface area contributed by atoms with Gasteiger partial charge < -0.3 is 14.6 Å². The second-order valence-electron chi connectivity index (χ2n) is 7.67. The van der Waals surface area contributed by atoms with Gasteiger partial charge in [-0.3, -0.25) is 4.79 Å².